The monoisotopic (exact) mass is 392 g/mol. The first-order chi connectivity index (χ1) is 13.0. The van der Waals surface area contributed by atoms with E-state index in [0.717, 1.165) is 17.7 Å². The summed E-state index contributed by atoms with van der Waals surface area (Å²) in [5.74, 6) is -4.28. The summed E-state index contributed by atoms with van der Waals surface area (Å²) in [7, 11) is 0. The third-order valence-electron chi connectivity index (χ3n) is 3.62. The van der Waals surface area contributed by atoms with Gasteiger partial charge in [0.25, 0.3) is 0 Å². The first-order valence-electron chi connectivity index (χ1n) is 8.09. The molecule has 0 aliphatic carbocycles. The van der Waals surface area contributed by atoms with Crippen molar-refractivity contribution in [3.63, 3.8) is 0 Å². The van der Waals surface area contributed by atoms with Crippen molar-refractivity contribution in [3.05, 3.63) is 64.9 Å². The van der Waals surface area contributed by atoms with Gasteiger partial charge in [0, 0.05) is 5.38 Å². The lowest BCUT2D eigenvalue weighted by atomic mass is 10.2. The van der Waals surface area contributed by atoms with E-state index in [1.165, 1.54) is 11.3 Å². The van der Waals surface area contributed by atoms with E-state index in [0.29, 0.717) is 23.1 Å². The van der Waals surface area contributed by atoms with Gasteiger partial charge < -0.3 is 10.1 Å². The number of hydrogen-bond acceptors (Lipinski definition) is 4. The van der Waals surface area contributed by atoms with Crippen molar-refractivity contribution in [1.82, 2.24) is 4.98 Å². The minimum atomic E-state index is -1.63. The fourth-order valence-electron chi connectivity index (χ4n) is 2.42. The summed E-state index contributed by atoms with van der Waals surface area (Å²) < 4.78 is 45.4. The molecule has 0 atom stereocenters. The third-order valence-corrected chi connectivity index (χ3v) is 4.54. The number of aromatic nitrogens is 1. The lowest BCUT2D eigenvalue weighted by Gasteiger charge is -2.07. The Morgan fingerprint density at radius 3 is 2.70 bits per heavy atom. The number of carbonyl (C=O) groups is 1. The van der Waals surface area contributed by atoms with E-state index < -0.39 is 29.0 Å². The van der Waals surface area contributed by atoms with Crippen LogP contribution in [0.5, 0.6) is 5.75 Å². The van der Waals surface area contributed by atoms with Gasteiger partial charge in [0.1, 0.15) is 10.8 Å². The van der Waals surface area contributed by atoms with Crippen LogP contribution in [0.3, 0.4) is 0 Å². The quantitative estimate of drug-likeness (QED) is 0.613. The normalized spacial score (nSPS) is 10.7. The number of anilines is 1. The number of rotatable bonds is 6. The summed E-state index contributed by atoms with van der Waals surface area (Å²) in [6.07, 6.45) is -0.133. The Hall–Kier alpha value is -2.87. The Labute approximate surface area is 157 Å². The van der Waals surface area contributed by atoms with Gasteiger partial charge in [0.05, 0.1) is 30.0 Å². The summed E-state index contributed by atoms with van der Waals surface area (Å²) in [5.41, 5.74) is 0.862. The lowest BCUT2D eigenvalue weighted by molar-refractivity contribution is -0.115. The number of thiazole rings is 1. The summed E-state index contributed by atoms with van der Waals surface area (Å²) in [4.78, 5) is 16.5. The van der Waals surface area contributed by atoms with E-state index in [1.54, 1.807) is 5.38 Å². The largest absolute Gasteiger partial charge is 0.493 e. The highest BCUT2D eigenvalue weighted by molar-refractivity contribution is 7.13. The summed E-state index contributed by atoms with van der Waals surface area (Å²) in [6.45, 7) is 2.39. The zero-order chi connectivity index (χ0) is 19.4. The molecule has 1 N–H and O–H groups in total. The molecule has 8 heteroatoms. The molecule has 0 bridgehead atoms. The highest BCUT2D eigenvalue weighted by atomic mass is 32.1. The Bertz CT molecular complexity index is 975. The average molecular weight is 392 g/mol. The molecule has 3 aromatic rings. The molecule has 1 aromatic heterocycles. The minimum Gasteiger partial charge on any atom is -0.493 e. The first-order valence-corrected chi connectivity index (χ1v) is 8.97. The van der Waals surface area contributed by atoms with E-state index in [1.807, 2.05) is 31.2 Å². The first kappa shape index (κ1) is 18.9. The number of benzene rings is 2. The zero-order valence-electron chi connectivity index (χ0n) is 14.3. The van der Waals surface area contributed by atoms with Gasteiger partial charge in [-0.2, -0.15) is 0 Å². The van der Waals surface area contributed by atoms with Crippen LogP contribution in [0, 0.1) is 17.5 Å². The number of halogens is 3. The molecule has 0 fully saturated rings. The number of nitrogens with zero attached hydrogens (tertiary/aromatic N) is 1. The number of hydrogen-bond donors (Lipinski definition) is 1. The van der Waals surface area contributed by atoms with Crippen LogP contribution in [0.25, 0.3) is 10.6 Å². The molecule has 0 unspecified atom stereocenters. The van der Waals surface area contributed by atoms with Crippen molar-refractivity contribution in [2.45, 2.75) is 13.3 Å². The summed E-state index contributed by atoms with van der Waals surface area (Å²) in [6, 6.07) is 9.13. The van der Waals surface area contributed by atoms with Gasteiger partial charge in [-0.15, -0.1) is 11.3 Å². The van der Waals surface area contributed by atoms with E-state index in [-0.39, 0.29) is 6.42 Å². The van der Waals surface area contributed by atoms with Crippen molar-refractivity contribution >= 4 is 22.9 Å². The van der Waals surface area contributed by atoms with E-state index >= 15 is 0 Å². The highest BCUT2D eigenvalue weighted by Gasteiger charge is 2.17. The van der Waals surface area contributed by atoms with Crippen molar-refractivity contribution in [2.75, 3.05) is 11.9 Å². The van der Waals surface area contributed by atoms with Gasteiger partial charge in [-0.3, -0.25) is 4.79 Å². The van der Waals surface area contributed by atoms with Crippen molar-refractivity contribution in [1.29, 1.82) is 0 Å². The molecule has 4 nitrogen and oxygen atoms in total. The predicted molar refractivity (Wildman–Crippen MR) is 97.4 cm³/mol. The summed E-state index contributed by atoms with van der Waals surface area (Å²) >= 11 is 1.34. The van der Waals surface area contributed by atoms with Crippen LogP contribution < -0.4 is 10.1 Å². The molecule has 140 valence electrons. The lowest BCUT2D eigenvalue weighted by Crippen LogP contribution is -2.16. The van der Waals surface area contributed by atoms with Crippen LogP contribution >= 0.6 is 11.3 Å². The smallest absolute Gasteiger partial charge is 0.230 e. The van der Waals surface area contributed by atoms with Crippen LogP contribution in [-0.2, 0) is 11.2 Å². The molecular formula is C19H15F3N2O2S. The molecule has 1 amide bonds. The Kier molecular flexibility index (Phi) is 5.75. The maximum atomic E-state index is 13.6. The predicted octanol–water partition coefficient (Wildman–Crippen LogP) is 4.81. The number of ether oxygens (including phenoxy) is 1. The number of carbonyl (C=O) groups excluding carboxylic acids is 1. The van der Waals surface area contributed by atoms with Crippen LogP contribution in [0.15, 0.2) is 41.8 Å². The van der Waals surface area contributed by atoms with Gasteiger partial charge in [0.15, 0.2) is 17.5 Å². The minimum absolute atomic E-state index is 0.133. The third kappa shape index (κ3) is 4.28. The van der Waals surface area contributed by atoms with Gasteiger partial charge in [0.2, 0.25) is 5.91 Å². The standard InChI is InChI=1S/C19H15F3N2O2S/c1-2-26-15-6-4-3-5-12(15)19-23-11(10-27-19)9-16(25)24-14-8-7-13(20)17(21)18(14)22/h3-8,10H,2,9H2,1H3,(H,24,25). The number of para-hydroxylation sites is 1. The Balaban J connectivity index is 1.73. The number of nitrogens with one attached hydrogen (secondary N) is 1. The molecule has 0 aliphatic heterocycles. The molecule has 1 heterocycles. The Morgan fingerprint density at radius 1 is 1.15 bits per heavy atom. The Morgan fingerprint density at radius 2 is 1.93 bits per heavy atom. The fraction of sp³-hybridized carbons (Fsp3) is 0.158. The van der Waals surface area contributed by atoms with Gasteiger partial charge in [-0.25, -0.2) is 18.2 Å². The maximum absolute atomic E-state index is 13.6. The van der Waals surface area contributed by atoms with E-state index in [4.69, 9.17) is 4.74 Å². The second-order valence-electron chi connectivity index (χ2n) is 5.52. The van der Waals surface area contributed by atoms with Crippen LogP contribution in [0.2, 0.25) is 0 Å². The van der Waals surface area contributed by atoms with E-state index in [9.17, 15) is 18.0 Å². The highest BCUT2D eigenvalue weighted by Crippen LogP contribution is 2.32. The second kappa shape index (κ2) is 8.22. The fourth-order valence-corrected chi connectivity index (χ4v) is 3.27. The van der Waals surface area contributed by atoms with Crippen molar-refractivity contribution in [2.24, 2.45) is 0 Å². The van der Waals surface area contributed by atoms with Crippen LogP contribution in [-0.4, -0.2) is 17.5 Å². The van der Waals surface area contributed by atoms with Crippen molar-refractivity contribution < 1.29 is 22.7 Å². The molecule has 2 aromatic carbocycles. The van der Waals surface area contributed by atoms with Crippen LogP contribution in [0.4, 0.5) is 18.9 Å². The molecule has 0 saturated heterocycles. The average Bonchev–Trinajstić information content (AvgIpc) is 3.11. The molecular weight excluding hydrogens is 377 g/mol. The zero-order valence-corrected chi connectivity index (χ0v) is 15.1. The van der Waals surface area contributed by atoms with Gasteiger partial charge in [-0.05, 0) is 31.2 Å². The summed E-state index contributed by atoms with van der Waals surface area (Å²) in [5, 5.41) is 4.62. The maximum Gasteiger partial charge on any atom is 0.230 e. The van der Waals surface area contributed by atoms with Crippen molar-refractivity contribution in [3.8, 4) is 16.3 Å². The molecule has 0 spiro atoms. The topological polar surface area (TPSA) is 51.2 Å². The molecule has 0 saturated carbocycles. The molecule has 0 aliphatic rings. The molecule has 27 heavy (non-hydrogen) atoms. The number of amides is 1. The van der Waals surface area contributed by atoms with E-state index in [2.05, 4.69) is 10.3 Å². The van der Waals surface area contributed by atoms with Gasteiger partial charge >= 0.3 is 0 Å². The molecule has 0 radical (unpaired) electrons. The van der Waals surface area contributed by atoms with Crippen LogP contribution in [0.1, 0.15) is 12.6 Å². The van der Waals surface area contributed by atoms with Gasteiger partial charge in [-0.1, -0.05) is 12.1 Å². The second-order valence-corrected chi connectivity index (χ2v) is 6.38. The molecule has 3 rings (SSSR count). The SMILES string of the molecule is CCOc1ccccc1-c1nc(CC(=O)Nc2ccc(F)c(F)c2F)cs1.